The third kappa shape index (κ3) is 2.88. The fourth-order valence-corrected chi connectivity index (χ4v) is 4.67. The van der Waals surface area contributed by atoms with Crippen LogP contribution in [0.3, 0.4) is 0 Å². The van der Waals surface area contributed by atoms with E-state index in [0.29, 0.717) is 18.0 Å². The van der Waals surface area contributed by atoms with Crippen LogP contribution in [0.25, 0.3) is 11.0 Å². The molecule has 1 saturated carbocycles. The van der Waals surface area contributed by atoms with Gasteiger partial charge in [-0.25, -0.2) is 9.78 Å². The molecule has 1 aliphatic heterocycles. The molecule has 2 fully saturated rings. The van der Waals surface area contributed by atoms with Gasteiger partial charge in [0, 0.05) is 5.92 Å². The molecule has 0 radical (unpaired) electrons. The van der Waals surface area contributed by atoms with Crippen LogP contribution < -0.4 is 0 Å². The van der Waals surface area contributed by atoms with Gasteiger partial charge in [-0.1, -0.05) is 24.3 Å². The van der Waals surface area contributed by atoms with Crippen LogP contribution in [0.2, 0.25) is 0 Å². The molecule has 1 aromatic carbocycles. The Balaban J connectivity index is 1.29. The quantitative estimate of drug-likeness (QED) is 0.855. The Labute approximate surface area is 163 Å². The molecule has 2 aromatic rings. The zero-order valence-electron chi connectivity index (χ0n) is 15.6. The van der Waals surface area contributed by atoms with Crippen LogP contribution in [-0.2, 0) is 4.74 Å². The number of imidazole rings is 1. The van der Waals surface area contributed by atoms with Crippen molar-refractivity contribution in [3.8, 4) is 6.07 Å². The lowest BCUT2D eigenvalue weighted by atomic mass is 9.78. The Bertz CT molecular complexity index is 1020. The molecule has 1 saturated heterocycles. The Morgan fingerprint density at radius 1 is 1.29 bits per heavy atom. The van der Waals surface area contributed by atoms with Crippen molar-refractivity contribution in [2.24, 2.45) is 0 Å². The highest BCUT2D eigenvalue weighted by Crippen LogP contribution is 2.43. The van der Waals surface area contributed by atoms with Crippen molar-refractivity contribution < 1.29 is 9.53 Å². The molecule has 142 valence electrons. The van der Waals surface area contributed by atoms with E-state index in [-0.39, 0.29) is 17.7 Å². The monoisotopic (exact) mass is 374 g/mol. The van der Waals surface area contributed by atoms with Crippen molar-refractivity contribution in [1.29, 1.82) is 5.26 Å². The zero-order valence-corrected chi connectivity index (χ0v) is 15.6. The van der Waals surface area contributed by atoms with Crippen LogP contribution in [0.1, 0.15) is 49.4 Å². The maximum Gasteiger partial charge on any atom is 0.411 e. The second kappa shape index (κ2) is 6.52. The highest BCUT2D eigenvalue weighted by atomic mass is 16.6. The SMILES string of the molecule is N#Cc1ccc2nc(C3CCC4(CC3)CN(C3C=CC=CC3)C(=O)O4)[nH]c2c1. The molecule has 2 aliphatic carbocycles. The molecule has 1 aromatic heterocycles. The average molecular weight is 374 g/mol. The molecule has 0 bridgehead atoms. The number of allylic oxidation sites excluding steroid dienone is 2. The van der Waals surface area contributed by atoms with Crippen LogP contribution in [0.15, 0.2) is 42.5 Å². The minimum absolute atomic E-state index is 0.110. The first-order valence-corrected chi connectivity index (χ1v) is 9.88. The molecule has 2 heterocycles. The molecule has 1 atom stereocenters. The predicted molar refractivity (Wildman–Crippen MR) is 105 cm³/mol. The van der Waals surface area contributed by atoms with Gasteiger partial charge in [-0.05, 0) is 50.3 Å². The minimum atomic E-state index is -0.359. The van der Waals surface area contributed by atoms with E-state index in [4.69, 9.17) is 15.0 Å². The summed E-state index contributed by atoms with van der Waals surface area (Å²) in [6.45, 7) is 0.674. The van der Waals surface area contributed by atoms with E-state index in [1.54, 1.807) is 6.07 Å². The summed E-state index contributed by atoms with van der Waals surface area (Å²) in [7, 11) is 0. The summed E-state index contributed by atoms with van der Waals surface area (Å²) in [6.07, 6.45) is 12.5. The van der Waals surface area contributed by atoms with E-state index >= 15 is 0 Å². The van der Waals surface area contributed by atoms with Gasteiger partial charge in [-0.3, -0.25) is 4.90 Å². The number of nitrogens with zero attached hydrogens (tertiary/aromatic N) is 3. The van der Waals surface area contributed by atoms with E-state index in [9.17, 15) is 4.79 Å². The number of amides is 1. The Morgan fingerprint density at radius 2 is 2.14 bits per heavy atom. The topological polar surface area (TPSA) is 82.0 Å². The zero-order chi connectivity index (χ0) is 19.1. The predicted octanol–water partition coefficient (Wildman–Crippen LogP) is 4.17. The van der Waals surface area contributed by atoms with Gasteiger partial charge in [0.2, 0.25) is 0 Å². The van der Waals surface area contributed by atoms with Crippen LogP contribution in [-0.4, -0.2) is 39.1 Å². The van der Waals surface area contributed by atoms with E-state index in [1.807, 2.05) is 29.2 Å². The maximum atomic E-state index is 12.5. The number of carbonyl (C=O) groups excluding carboxylic acids is 1. The molecule has 1 spiro atoms. The van der Waals surface area contributed by atoms with Gasteiger partial charge in [0.25, 0.3) is 0 Å². The van der Waals surface area contributed by atoms with Gasteiger partial charge in [0.05, 0.1) is 35.3 Å². The first-order chi connectivity index (χ1) is 13.7. The number of aromatic nitrogens is 2. The number of carbonyl (C=O) groups is 1. The van der Waals surface area contributed by atoms with E-state index in [1.165, 1.54) is 0 Å². The molecule has 1 unspecified atom stereocenters. The highest BCUT2D eigenvalue weighted by Gasteiger charge is 2.49. The summed E-state index contributed by atoms with van der Waals surface area (Å²) in [5.41, 5.74) is 2.08. The van der Waals surface area contributed by atoms with E-state index in [0.717, 1.165) is 49.0 Å². The average Bonchev–Trinajstić information content (AvgIpc) is 3.29. The number of fused-ring (bicyclic) bond motifs is 1. The first kappa shape index (κ1) is 17.1. The van der Waals surface area contributed by atoms with Gasteiger partial charge < -0.3 is 9.72 Å². The van der Waals surface area contributed by atoms with E-state index in [2.05, 4.69) is 23.2 Å². The van der Waals surface area contributed by atoms with Crippen molar-refractivity contribution in [3.05, 3.63) is 53.9 Å². The van der Waals surface area contributed by atoms with E-state index < -0.39 is 0 Å². The first-order valence-electron chi connectivity index (χ1n) is 9.88. The Morgan fingerprint density at radius 3 is 2.89 bits per heavy atom. The summed E-state index contributed by atoms with van der Waals surface area (Å²) < 4.78 is 5.89. The van der Waals surface area contributed by atoms with Crippen molar-refractivity contribution in [1.82, 2.24) is 14.9 Å². The standard InChI is InChI=1S/C22H22N4O2/c23-13-15-6-7-18-19(12-15)25-20(24-18)16-8-10-22(11-9-16)14-26(21(27)28-22)17-4-2-1-3-5-17/h1-4,6-7,12,16-17H,5,8-11,14H2,(H,24,25). The second-order valence-corrected chi connectivity index (χ2v) is 8.04. The summed E-state index contributed by atoms with van der Waals surface area (Å²) in [6, 6.07) is 7.81. The molecule has 6 heteroatoms. The number of nitriles is 1. The molecular weight excluding hydrogens is 352 g/mol. The summed E-state index contributed by atoms with van der Waals surface area (Å²) in [5.74, 6) is 1.30. The van der Waals surface area contributed by atoms with Crippen LogP contribution in [0.4, 0.5) is 4.79 Å². The third-order valence-corrected chi connectivity index (χ3v) is 6.27. The summed E-state index contributed by atoms with van der Waals surface area (Å²) in [5, 5.41) is 9.07. The lowest BCUT2D eigenvalue weighted by Gasteiger charge is -2.34. The van der Waals surface area contributed by atoms with Crippen molar-refractivity contribution >= 4 is 17.1 Å². The smallest absolute Gasteiger partial charge is 0.411 e. The van der Waals surface area contributed by atoms with Crippen LogP contribution in [0, 0.1) is 11.3 Å². The van der Waals surface area contributed by atoms with Crippen molar-refractivity contribution in [3.63, 3.8) is 0 Å². The number of rotatable bonds is 2. The highest BCUT2D eigenvalue weighted by molar-refractivity contribution is 5.77. The molecule has 1 amide bonds. The molecule has 5 rings (SSSR count). The molecule has 6 nitrogen and oxygen atoms in total. The second-order valence-electron chi connectivity index (χ2n) is 8.04. The number of hydrogen-bond donors (Lipinski definition) is 1. The number of ether oxygens (including phenoxy) is 1. The Kier molecular flexibility index (Phi) is 3.97. The fourth-order valence-electron chi connectivity index (χ4n) is 4.67. The fraction of sp³-hybridized carbons (Fsp3) is 0.409. The minimum Gasteiger partial charge on any atom is -0.441 e. The van der Waals surface area contributed by atoms with Gasteiger partial charge in [-0.2, -0.15) is 5.26 Å². The van der Waals surface area contributed by atoms with Crippen molar-refractivity contribution in [2.45, 2.75) is 49.7 Å². The van der Waals surface area contributed by atoms with Gasteiger partial charge in [0.15, 0.2) is 0 Å². The van der Waals surface area contributed by atoms with Crippen molar-refractivity contribution in [2.75, 3.05) is 6.54 Å². The van der Waals surface area contributed by atoms with Crippen LogP contribution in [0.5, 0.6) is 0 Å². The lowest BCUT2D eigenvalue weighted by molar-refractivity contribution is 0.0207. The summed E-state index contributed by atoms with van der Waals surface area (Å²) >= 11 is 0. The van der Waals surface area contributed by atoms with Gasteiger partial charge in [-0.15, -0.1) is 0 Å². The number of nitrogens with one attached hydrogen (secondary N) is 1. The lowest BCUT2D eigenvalue weighted by Crippen LogP contribution is -2.41. The van der Waals surface area contributed by atoms with Gasteiger partial charge >= 0.3 is 6.09 Å². The largest absolute Gasteiger partial charge is 0.441 e. The van der Waals surface area contributed by atoms with Gasteiger partial charge in [0.1, 0.15) is 11.4 Å². The number of benzene rings is 1. The summed E-state index contributed by atoms with van der Waals surface area (Å²) in [4.78, 5) is 22.5. The molecule has 3 aliphatic rings. The van der Waals surface area contributed by atoms with Crippen LogP contribution >= 0.6 is 0 Å². The molecule has 1 N–H and O–H groups in total. The normalized spacial score (nSPS) is 29.4. The molecule has 28 heavy (non-hydrogen) atoms. The Hall–Kier alpha value is -3.07. The number of aromatic amines is 1. The maximum absolute atomic E-state index is 12.5. The molecular formula is C22H22N4O2. The number of hydrogen-bond acceptors (Lipinski definition) is 4. The third-order valence-electron chi connectivity index (χ3n) is 6.27. The number of H-pyrrole nitrogens is 1.